The average Bonchev–Trinajstić information content (AvgIpc) is 2.58. The van der Waals surface area contributed by atoms with Crippen LogP contribution in [-0.4, -0.2) is 35.9 Å². The molecule has 0 saturated carbocycles. The minimum atomic E-state index is -2.85. The van der Waals surface area contributed by atoms with Gasteiger partial charge in [-0.15, -0.1) is 0 Å². The van der Waals surface area contributed by atoms with Gasteiger partial charge in [0.15, 0.2) is 9.84 Å². The van der Waals surface area contributed by atoms with Gasteiger partial charge in [0.05, 0.1) is 11.5 Å². The van der Waals surface area contributed by atoms with E-state index in [0.29, 0.717) is 18.2 Å². The number of hydrogen-bond acceptors (Lipinski definition) is 5. The van der Waals surface area contributed by atoms with Crippen molar-refractivity contribution in [3.8, 4) is 0 Å². The lowest BCUT2D eigenvalue weighted by Gasteiger charge is -2.12. The fraction of sp³-hybridized carbons (Fsp3) is 0.636. The van der Waals surface area contributed by atoms with Gasteiger partial charge in [-0.2, -0.15) is 0 Å². The Morgan fingerprint density at radius 2 is 2.18 bits per heavy atom. The zero-order valence-electron chi connectivity index (χ0n) is 10.0. The van der Waals surface area contributed by atoms with Gasteiger partial charge in [0.2, 0.25) is 0 Å². The molecule has 1 fully saturated rings. The van der Waals surface area contributed by atoms with Crippen molar-refractivity contribution in [3.63, 3.8) is 0 Å². The van der Waals surface area contributed by atoms with Crippen molar-refractivity contribution in [3.05, 3.63) is 18.1 Å². The third-order valence-corrected chi connectivity index (χ3v) is 4.63. The highest BCUT2D eigenvalue weighted by atomic mass is 32.2. The summed E-state index contributed by atoms with van der Waals surface area (Å²) in [6.45, 7) is 4.12. The molecule has 2 rings (SSSR count). The summed E-state index contributed by atoms with van der Waals surface area (Å²) in [7, 11) is -2.85. The second-order valence-electron chi connectivity index (χ2n) is 4.73. The summed E-state index contributed by atoms with van der Waals surface area (Å²) in [4.78, 5) is 8.29. The molecule has 6 heteroatoms. The monoisotopic (exact) mass is 255 g/mol. The van der Waals surface area contributed by atoms with Gasteiger partial charge in [-0.05, 0) is 12.3 Å². The van der Waals surface area contributed by atoms with E-state index >= 15 is 0 Å². The lowest BCUT2D eigenvalue weighted by Crippen LogP contribution is -2.21. The van der Waals surface area contributed by atoms with Gasteiger partial charge in [0, 0.05) is 17.8 Å². The molecule has 1 N–H and O–H groups in total. The van der Waals surface area contributed by atoms with Crippen LogP contribution >= 0.6 is 0 Å². The Morgan fingerprint density at radius 1 is 1.41 bits per heavy atom. The number of sulfone groups is 1. The molecular weight excluding hydrogens is 238 g/mol. The molecule has 0 aromatic carbocycles. The van der Waals surface area contributed by atoms with Crippen LogP contribution in [0.1, 0.15) is 31.9 Å². The molecule has 0 spiro atoms. The predicted molar refractivity (Wildman–Crippen MR) is 66.8 cm³/mol. The van der Waals surface area contributed by atoms with Gasteiger partial charge in [0.1, 0.15) is 12.1 Å². The third kappa shape index (κ3) is 3.15. The van der Waals surface area contributed by atoms with E-state index in [0.717, 1.165) is 5.69 Å². The summed E-state index contributed by atoms with van der Waals surface area (Å²) in [6, 6.07) is 1.87. The molecule has 1 saturated heterocycles. The Bertz CT molecular complexity index is 499. The van der Waals surface area contributed by atoms with Crippen LogP contribution in [0.25, 0.3) is 0 Å². The Hall–Kier alpha value is -1.17. The normalized spacial score (nSPS) is 22.9. The van der Waals surface area contributed by atoms with Gasteiger partial charge in [-0.3, -0.25) is 0 Å². The van der Waals surface area contributed by atoms with Crippen LogP contribution in [0, 0.1) is 0 Å². The molecule has 0 bridgehead atoms. The Morgan fingerprint density at radius 3 is 2.76 bits per heavy atom. The van der Waals surface area contributed by atoms with Crippen molar-refractivity contribution in [1.29, 1.82) is 0 Å². The number of hydrogen-bond donors (Lipinski definition) is 1. The minimum absolute atomic E-state index is 0.0186. The number of rotatable bonds is 3. The first-order chi connectivity index (χ1) is 7.96. The van der Waals surface area contributed by atoms with E-state index in [4.69, 9.17) is 0 Å². The first-order valence-corrected chi connectivity index (χ1v) is 7.57. The molecule has 1 aliphatic heterocycles. The largest absolute Gasteiger partial charge is 0.366 e. The van der Waals surface area contributed by atoms with E-state index in [1.807, 2.05) is 6.07 Å². The summed E-state index contributed by atoms with van der Waals surface area (Å²) in [5.41, 5.74) is 0.961. The molecule has 0 radical (unpaired) electrons. The number of nitrogens with zero attached hydrogens (tertiary/aromatic N) is 2. The van der Waals surface area contributed by atoms with E-state index in [1.54, 1.807) is 0 Å². The summed E-state index contributed by atoms with van der Waals surface area (Å²) < 4.78 is 22.7. The lowest BCUT2D eigenvalue weighted by molar-refractivity contribution is 0.602. The standard InChI is InChI=1S/C11H17N3O2S/c1-8(2)10-5-11(13-7-12-10)14-9-3-4-17(15,16)6-9/h5,7-9H,3-4,6H2,1-2H3,(H,12,13,14). The molecule has 0 amide bonds. The first kappa shape index (κ1) is 12.3. The Kier molecular flexibility index (Phi) is 3.33. The van der Waals surface area contributed by atoms with Crippen LogP contribution < -0.4 is 5.32 Å². The second kappa shape index (κ2) is 4.60. The maximum atomic E-state index is 11.3. The first-order valence-electron chi connectivity index (χ1n) is 5.75. The van der Waals surface area contributed by atoms with Crippen molar-refractivity contribution < 1.29 is 8.42 Å². The highest BCUT2D eigenvalue weighted by Crippen LogP contribution is 2.18. The molecular formula is C11H17N3O2S. The molecule has 2 heterocycles. The molecule has 1 aromatic rings. The van der Waals surface area contributed by atoms with Gasteiger partial charge < -0.3 is 5.32 Å². The highest BCUT2D eigenvalue weighted by molar-refractivity contribution is 7.91. The molecule has 5 nitrogen and oxygen atoms in total. The number of anilines is 1. The lowest BCUT2D eigenvalue weighted by atomic mass is 10.1. The van der Waals surface area contributed by atoms with Gasteiger partial charge in [-0.25, -0.2) is 18.4 Å². The number of aromatic nitrogens is 2. The van der Waals surface area contributed by atoms with Crippen molar-refractivity contribution in [1.82, 2.24) is 9.97 Å². The minimum Gasteiger partial charge on any atom is -0.366 e. The van der Waals surface area contributed by atoms with Crippen molar-refractivity contribution in [2.75, 3.05) is 16.8 Å². The fourth-order valence-corrected chi connectivity index (χ4v) is 3.56. The number of nitrogens with one attached hydrogen (secondary N) is 1. The van der Waals surface area contributed by atoms with Crippen LogP contribution in [0.5, 0.6) is 0 Å². The maximum Gasteiger partial charge on any atom is 0.152 e. The summed E-state index contributed by atoms with van der Waals surface area (Å²) in [6.07, 6.45) is 2.17. The average molecular weight is 255 g/mol. The molecule has 1 atom stereocenters. The third-order valence-electron chi connectivity index (χ3n) is 2.86. The van der Waals surface area contributed by atoms with Crippen molar-refractivity contribution in [2.45, 2.75) is 32.2 Å². The maximum absolute atomic E-state index is 11.3. The Balaban J connectivity index is 2.07. The van der Waals surface area contributed by atoms with Crippen LogP contribution in [0.2, 0.25) is 0 Å². The van der Waals surface area contributed by atoms with E-state index in [-0.39, 0.29) is 17.5 Å². The van der Waals surface area contributed by atoms with E-state index in [2.05, 4.69) is 29.1 Å². The van der Waals surface area contributed by atoms with Gasteiger partial charge in [0.25, 0.3) is 0 Å². The summed E-state index contributed by atoms with van der Waals surface area (Å²) in [5, 5.41) is 3.16. The predicted octanol–water partition coefficient (Wildman–Crippen LogP) is 1.20. The topological polar surface area (TPSA) is 72.0 Å². The summed E-state index contributed by atoms with van der Waals surface area (Å²) >= 11 is 0. The molecule has 0 aliphatic carbocycles. The van der Waals surface area contributed by atoms with Crippen molar-refractivity contribution in [2.24, 2.45) is 0 Å². The van der Waals surface area contributed by atoms with Gasteiger partial charge >= 0.3 is 0 Å². The fourth-order valence-electron chi connectivity index (χ4n) is 1.89. The smallest absolute Gasteiger partial charge is 0.152 e. The van der Waals surface area contributed by atoms with Crippen LogP contribution in [0.3, 0.4) is 0 Å². The molecule has 1 aromatic heterocycles. The molecule has 17 heavy (non-hydrogen) atoms. The second-order valence-corrected chi connectivity index (χ2v) is 6.96. The molecule has 1 unspecified atom stereocenters. The van der Waals surface area contributed by atoms with Crippen molar-refractivity contribution >= 4 is 15.7 Å². The SMILES string of the molecule is CC(C)c1cc(NC2CCS(=O)(=O)C2)ncn1. The molecule has 1 aliphatic rings. The quantitative estimate of drug-likeness (QED) is 0.878. The van der Waals surface area contributed by atoms with Crippen LogP contribution in [-0.2, 0) is 9.84 Å². The summed E-state index contributed by atoms with van der Waals surface area (Å²) in [5.74, 6) is 1.53. The van der Waals surface area contributed by atoms with E-state index in [9.17, 15) is 8.42 Å². The highest BCUT2D eigenvalue weighted by Gasteiger charge is 2.27. The van der Waals surface area contributed by atoms with E-state index < -0.39 is 9.84 Å². The Labute approximate surface area is 102 Å². The zero-order valence-corrected chi connectivity index (χ0v) is 10.9. The zero-order chi connectivity index (χ0) is 12.5. The van der Waals surface area contributed by atoms with Crippen LogP contribution in [0.4, 0.5) is 5.82 Å². The van der Waals surface area contributed by atoms with E-state index in [1.165, 1.54) is 6.33 Å². The van der Waals surface area contributed by atoms with Crippen LogP contribution in [0.15, 0.2) is 12.4 Å². The molecule has 94 valence electrons. The van der Waals surface area contributed by atoms with Gasteiger partial charge in [-0.1, -0.05) is 13.8 Å².